The summed E-state index contributed by atoms with van der Waals surface area (Å²) in [5.74, 6) is 2.20. The van der Waals surface area contributed by atoms with Gasteiger partial charge < -0.3 is 25.3 Å². The summed E-state index contributed by atoms with van der Waals surface area (Å²) in [7, 11) is 1.68. The summed E-state index contributed by atoms with van der Waals surface area (Å²) < 4.78 is 5.35. The zero-order chi connectivity index (χ0) is 20.3. The number of ether oxygens (including phenoxy) is 1. The van der Waals surface area contributed by atoms with Gasteiger partial charge in [0.1, 0.15) is 11.6 Å². The Labute approximate surface area is 173 Å². The first-order valence-electron chi connectivity index (χ1n) is 9.84. The van der Waals surface area contributed by atoms with Crippen LogP contribution in [0.3, 0.4) is 0 Å². The highest BCUT2D eigenvalue weighted by Gasteiger charge is 2.07. The molecule has 0 aliphatic carbocycles. The first-order chi connectivity index (χ1) is 14.8. The Hall–Kier alpha value is -4.00. The van der Waals surface area contributed by atoms with Crippen molar-refractivity contribution in [2.24, 2.45) is 0 Å². The number of benzene rings is 2. The molecule has 0 bridgehead atoms. The summed E-state index contributed by atoms with van der Waals surface area (Å²) in [4.78, 5) is 15.5. The zero-order valence-electron chi connectivity index (χ0n) is 16.6. The molecule has 4 N–H and O–H groups in total. The summed E-state index contributed by atoms with van der Waals surface area (Å²) in [5, 5.41) is 9.00. The third-order valence-corrected chi connectivity index (χ3v) is 5.17. The van der Waals surface area contributed by atoms with Crippen molar-refractivity contribution in [3.8, 4) is 5.75 Å². The molecule has 5 rings (SSSR count). The summed E-state index contributed by atoms with van der Waals surface area (Å²) in [6, 6.07) is 16.1. The fourth-order valence-electron chi connectivity index (χ4n) is 3.65. The molecule has 0 fully saturated rings. The molecule has 0 atom stereocenters. The molecule has 3 aromatic heterocycles. The minimum atomic E-state index is 0.596. The van der Waals surface area contributed by atoms with Gasteiger partial charge in [0.05, 0.1) is 7.11 Å². The molecule has 3 heterocycles. The highest BCUT2D eigenvalue weighted by atomic mass is 16.5. The molecule has 0 saturated heterocycles. The number of nitrogens with zero attached hydrogens (tertiary/aromatic N) is 2. The molecule has 7 heteroatoms. The number of aromatic amines is 2. The Bertz CT molecular complexity index is 1310. The zero-order valence-corrected chi connectivity index (χ0v) is 16.6. The molecule has 2 aromatic carbocycles. The molecule has 0 aliphatic heterocycles. The van der Waals surface area contributed by atoms with Crippen LogP contribution in [-0.2, 0) is 6.42 Å². The molecule has 0 aliphatic rings. The van der Waals surface area contributed by atoms with Gasteiger partial charge in [0.25, 0.3) is 0 Å². The summed E-state index contributed by atoms with van der Waals surface area (Å²) >= 11 is 0. The average molecular weight is 398 g/mol. The highest BCUT2D eigenvalue weighted by molar-refractivity contribution is 5.93. The Morgan fingerprint density at radius 2 is 1.93 bits per heavy atom. The largest absolute Gasteiger partial charge is 0.497 e. The second kappa shape index (κ2) is 7.79. The lowest BCUT2D eigenvalue weighted by Crippen LogP contribution is -2.08. The second-order valence-electron chi connectivity index (χ2n) is 7.04. The molecule has 0 saturated carbocycles. The van der Waals surface area contributed by atoms with Gasteiger partial charge in [-0.05, 0) is 54.4 Å². The van der Waals surface area contributed by atoms with Crippen LogP contribution in [-0.4, -0.2) is 33.6 Å². The monoisotopic (exact) mass is 398 g/mol. The molecule has 0 unspecified atom stereocenters. The van der Waals surface area contributed by atoms with E-state index < -0.39 is 0 Å². The van der Waals surface area contributed by atoms with Crippen LogP contribution in [0, 0.1) is 0 Å². The maximum Gasteiger partial charge on any atom is 0.224 e. The van der Waals surface area contributed by atoms with E-state index in [2.05, 4.69) is 36.6 Å². The summed E-state index contributed by atoms with van der Waals surface area (Å²) in [5.41, 5.74) is 4.42. The van der Waals surface area contributed by atoms with Gasteiger partial charge in [0, 0.05) is 52.6 Å². The van der Waals surface area contributed by atoms with E-state index in [0.29, 0.717) is 5.95 Å². The highest BCUT2D eigenvalue weighted by Crippen LogP contribution is 2.26. The van der Waals surface area contributed by atoms with Gasteiger partial charge in [-0.3, -0.25) is 0 Å². The van der Waals surface area contributed by atoms with Gasteiger partial charge in [-0.15, -0.1) is 0 Å². The Morgan fingerprint density at radius 1 is 1.00 bits per heavy atom. The van der Waals surface area contributed by atoms with Crippen molar-refractivity contribution in [2.45, 2.75) is 6.42 Å². The van der Waals surface area contributed by atoms with Crippen LogP contribution >= 0.6 is 0 Å². The van der Waals surface area contributed by atoms with Crippen LogP contribution in [0.25, 0.3) is 21.8 Å². The first-order valence-corrected chi connectivity index (χ1v) is 9.84. The molecular formula is C23H22N6O. The first kappa shape index (κ1) is 18.1. The number of fused-ring (bicyclic) bond motifs is 2. The average Bonchev–Trinajstić information content (AvgIpc) is 3.41. The van der Waals surface area contributed by atoms with Gasteiger partial charge in [0.2, 0.25) is 5.95 Å². The van der Waals surface area contributed by atoms with E-state index in [0.717, 1.165) is 46.6 Å². The number of H-pyrrole nitrogens is 2. The summed E-state index contributed by atoms with van der Waals surface area (Å²) in [6.45, 7) is 0.723. The van der Waals surface area contributed by atoms with E-state index in [-0.39, 0.29) is 0 Å². The molecule has 0 radical (unpaired) electrons. The number of methoxy groups -OCH3 is 1. The smallest absolute Gasteiger partial charge is 0.224 e. The molecule has 7 nitrogen and oxygen atoms in total. The van der Waals surface area contributed by atoms with Gasteiger partial charge in [-0.1, -0.05) is 6.07 Å². The summed E-state index contributed by atoms with van der Waals surface area (Å²) in [6.07, 6.45) is 6.58. The van der Waals surface area contributed by atoms with E-state index in [1.165, 1.54) is 10.9 Å². The fourth-order valence-corrected chi connectivity index (χ4v) is 3.65. The molecule has 150 valence electrons. The third-order valence-electron chi connectivity index (χ3n) is 5.17. The molecule has 5 aromatic rings. The predicted molar refractivity (Wildman–Crippen MR) is 121 cm³/mol. The third kappa shape index (κ3) is 3.53. The number of anilines is 3. The lowest BCUT2D eigenvalue weighted by Gasteiger charge is -2.09. The molecular weight excluding hydrogens is 376 g/mol. The number of rotatable bonds is 7. The molecule has 0 amide bonds. The van der Waals surface area contributed by atoms with Gasteiger partial charge in [-0.2, -0.15) is 4.98 Å². The Morgan fingerprint density at radius 3 is 2.87 bits per heavy atom. The van der Waals surface area contributed by atoms with Crippen LogP contribution in [0.15, 0.2) is 67.1 Å². The topological polar surface area (TPSA) is 90.6 Å². The van der Waals surface area contributed by atoms with Gasteiger partial charge >= 0.3 is 0 Å². The lowest BCUT2D eigenvalue weighted by molar-refractivity contribution is 0.415. The quantitative estimate of drug-likeness (QED) is 0.315. The standard InChI is InChI=1S/C23H22N6O/c1-30-16-5-6-20-18(13-16)15(14-27-20)7-10-25-23-26-12-9-22(29-23)28-21-4-2-3-19-17(21)8-11-24-19/h2-6,8-9,11-14,24,27H,7,10H2,1H3,(H2,25,26,28,29). The minimum Gasteiger partial charge on any atom is -0.497 e. The van der Waals surface area contributed by atoms with E-state index in [9.17, 15) is 0 Å². The Kier molecular flexibility index (Phi) is 4.69. The van der Waals surface area contributed by atoms with Crippen molar-refractivity contribution in [1.29, 1.82) is 0 Å². The molecule has 30 heavy (non-hydrogen) atoms. The van der Waals surface area contributed by atoms with E-state index in [1.807, 2.05) is 54.9 Å². The Balaban J connectivity index is 1.27. The van der Waals surface area contributed by atoms with Crippen molar-refractivity contribution in [1.82, 2.24) is 19.9 Å². The predicted octanol–water partition coefficient (Wildman–Crippen LogP) is 4.85. The van der Waals surface area contributed by atoms with Crippen molar-refractivity contribution in [3.05, 3.63) is 72.7 Å². The van der Waals surface area contributed by atoms with Crippen molar-refractivity contribution in [3.63, 3.8) is 0 Å². The van der Waals surface area contributed by atoms with Gasteiger partial charge in [-0.25, -0.2) is 4.98 Å². The van der Waals surface area contributed by atoms with E-state index in [4.69, 9.17) is 4.74 Å². The normalized spacial score (nSPS) is 11.1. The molecule has 0 spiro atoms. The van der Waals surface area contributed by atoms with Crippen molar-refractivity contribution in [2.75, 3.05) is 24.3 Å². The van der Waals surface area contributed by atoms with Crippen molar-refractivity contribution < 1.29 is 4.74 Å². The van der Waals surface area contributed by atoms with Crippen LogP contribution in [0.1, 0.15) is 5.56 Å². The van der Waals surface area contributed by atoms with Crippen LogP contribution in [0.4, 0.5) is 17.5 Å². The number of nitrogens with one attached hydrogen (secondary N) is 4. The van der Waals surface area contributed by atoms with E-state index >= 15 is 0 Å². The maximum absolute atomic E-state index is 5.35. The van der Waals surface area contributed by atoms with E-state index in [1.54, 1.807) is 13.3 Å². The van der Waals surface area contributed by atoms with Crippen LogP contribution in [0.2, 0.25) is 0 Å². The number of aromatic nitrogens is 4. The van der Waals surface area contributed by atoms with Crippen LogP contribution < -0.4 is 15.4 Å². The fraction of sp³-hybridized carbons (Fsp3) is 0.130. The SMILES string of the molecule is COc1ccc2[nH]cc(CCNc3nccc(Nc4cccc5[nH]ccc45)n3)c2c1. The lowest BCUT2D eigenvalue weighted by atomic mass is 10.1. The number of hydrogen-bond acceptors (Lipinski definition) is 5. The van der Waals surface area contributed by atoms with Gasteiger partial charge in [0.15, 0.2) is 0 Å². The van der Waals surface area contributed by atoms with Crippen LogP contribution in [0.5, 0.6) is 5.75 Å². The maximum atomic E-state index is 5.35. The minimum absolute atomic E-state index is 0.596. The second-order valence-corrected chi connectivity index (χ2v) is 7.04. The van der Waals surface area contributed by atoms with Crippen molar-refractivity contribution >= 4 is 39.3 Å². The number of hydrogen-bond donors (Lipinski definition) is 4.